The fourth-order valence-electron chi connectivity index (χ4n) is 2.12. The molecule has 0 radical (unpaired) electrons. The van der Waals surface area contributed by atoms with Gasteiger partial charge in [-0.2, -0.15) is 0 Å². The van der Waals surface area contributed by atoms with Crippen LogP contribution in [0, 0.1) is 0 Å². The lowest BCUT2D eigenvalue weighted by Gasteiger charge is -2.21. The van der Waals surface area contributed by atoms with Crippen LogP contribution in [0.1, 0.15) is 10.9 Å². The third-order valence-electron chi connectivity index (χ3n) is 3.08. The van der Waals surface area contributed by atoms with E-state index >= 15 is 0 Å². The summed E-state index contributed by atoms with van der Waals surface area (Å²) in [6.07, 6.45) is 0. The van der Waals surface area contributed by atoms with Gasteiger partial charge in [-0.15, -0.1) is 22.0 Å². The highest BCUT2D eigenvalue weighted by Gasteiger charge is 2.36. The summed E-state index contributed by atoms with van der Waals surface area (Å²) in [5, 5.41) is 8.28. The minimum Gasteiger partial charge on any atom is -0.497 e. The normalized spacial score (nSPS) is 18.1. The number of benzene rings is 1. The van der Waals surface area contributed by atoms with Crippen LogP contribution in [-0.2, 0) is 4.79 Å². The second-order valence-corrected chi connectivity index (χ2v) is 6.17. The molecule has 8 heteroatoms. The number of hydrogen-bond donors (Lipinski definition) is 0. The third kappa shape index (κ3) is 2.68. The Balaban J connectivity index is 2.00. The summed E-state index contributed by atoms with van der Waals surface area (Å²) in [5.74, 6) is 1.84. The lowest BCUT2D eigenvalue weighted by molar-refractivity contribution is -0.115. The summed E-state index contributed by atoms with van der Waals surface area (Å²) in [6, 6.07) is 5.62. The molecule has 1 aromatic carbocycles. The van der Waals surface area contributed by atoms with E-state index in [0.29, 0.717) is 22.4 Å². The summed E-state index contributed by atoms with van der Waals surface area (Å²) in [5.41, 5.74) is 2.56. The van der Waals surface area contributed by atoms with E-state index in [1.807, 2.05) is 12.1 Å². The van der Waals surface area contributed by atoms with Crippen molar-refractivity contribution in [1.82, 2.24) is 10.2 Å². The Bertz CT molecular complexity index is 626. The van der Waals surface area contributed by atoms with Crippen molar-refractivity contribution < 1.29 is 14.3 Å². The van der Waals surface area contributed by atoms with Crippen molar-refractivity contribution >= 4 is 34.1 Å². The molecular formula is C13H13N3O3S2. The molecule has 110 valence electrons. The lowest BCUT2D eigenvalue weighted by atomic mass is 10.2. The van der Waals surface area contributed by atoms with Gasteiger partial charge in [0, 0.05) is 6.07 Å². The van der Waals surface area contributed by atoms with Crippen molar-refractivity contribution in [3.05, 3.63) is 29.3 Å². The zero-order chi connectivity index (χ0) is 14.8. The van der Waals surface area contributed by atoms with Gasteiger partial charge in [0.1, 0.15) is 22.4 Å². The van der Waals surface area contributed by atoms with Gasteiger partial charge in [-0.3, -0.25) is 9.69 Å². The number of hydrogen-bond acceptors (Lipinski definition) is 7. The monoisotopic (exact) mass is 323 g/mol. The number of ether oxygens (including phenoxy) is 2. The molecule has 0 spiro atoms. The van der Waals surface area contributed by atoms with Gasteiger partial charge in [0.15, 0.2) is 0 Å². The van der Waals surface area contributed by atoms with Crippen molar-refractivity contribution in [2.24, 2.45) is 0 Å². The summed E-state index contributed by atoms with van der Waals surface area (Å²) in [7, 11) is 3.21. The lowest BCUT2D eigenvalue weighted by Crippen LogP contribution is -2.27. The van der Waals surface area contributed by atoms with Crippen LogP contribution in [0.25, 0.3) is 0 Å². The van der Waals surface area contributed by atoms with E-state index in [1.165, 1.54) is 11.3 Å². The Morgan fingerprint density at radius 1 is 1.24 bits per heavy atom. The van der Waals surface area contributed by atoms with Crippen LogP contribution < -0.4 is 14.4 Å². The fraction of sp³-hybridized carbons (Fsp3) is 0.308. The summed E-state index contributed by atoms with van der Waals surface area (Å²) < 4.78 is 10.6. The summed E-state index contributed by atoms with van der Waals surface area (Å²) in [6.45, 7) is 0. The quantitative estimate of drug-likeness (QED) is 0.860. The van der Waals surface area contributed by atoms with Gasteiger partial charge in [0.05, 0.1) is 20.0 Å². The minimum atomic E-state index is -0.144. The van der Waals surface area contributed by atoms with Crippen LogP contribution in [0.2, 0.25) is 0 Å². The molecule has 1 fully saturated rings. The SMILES string of the molecule is COc1cc(OC)cc([C@H]2SCC(=O)N2c2nncs2)c1. The molecule has 1 atom stereocenters. The molecule has 21 heavy (non-hydrogen) atoms. The first-order chi connectivity index (χ1) is 10.2. The van der Waals surface area contributed by atoms with E-state index in [2.05, 4.69) is 10.2 Å². The Morgan fingerprint density at radius 3 is 2.52 bits per heavy atom. The Labute approximate surface area is 130 Å². The highest BCUT2D eigenvalue weighted by atomic mass is 32.2. The predicted molar refractivity (Wildman–Crippen MR) is 82.1 cm³/mol. The van der Waals surface area contributed by atoms with Crippen molar-refractivity contribution in [3.63, 3.8) is 0 Å². The average Bonchev–Trinajstić information content (AvgIpc) is 3.15. The number of methoxy groups -OCH3 is 2. The number of rotatable bonds is 4. The maximum atomic E-state index is 12.1. The molecule has 6 nitrogen and oxygen atoms in total. The number of amides is 1. The van der Waals surface area contributed by atoms with Crippen molar-refractivity contribution in [3.8, 4) is 11.5 Å². The third-order valence-corrected chi connectivity index (χ3v) is 4.98. The predicted octanol–water partition coefficient (Wildman–Crippen LogP) is 2.33. The van der Waals surface area contributed by atoms with E-state index in [4.69, 9.17) is 9.47 Å². The Hall–Kier alpha value is -1.80. The number of carbonyl (C=O) groups excluding carboxylic acids is 1. The molecule has 3 rings (SSSR count). The summed E-state index contributed by atoms with van der Waals surface area (Å²) in [4.78, 5) is 13.8. The topological polar surface area (TPSA) is 64.6 Å². The van der Waals surface area contributed by atoms with Crippen molar-refractivity contribution in [1.29, 1.82) is 0 Å². The van der Waals surface area contributed by atoms with Crippen LogP contribution in [0.3, 0.4) is 0 Å². The van der Waals surface area contributed by atoms with Gasteiger partial charge in [-0.1, -0.05) is 11.3 Å². The van der Waals surface area contributed by atoms with Gasteiger partial charge >= 0.3 is 0 Å². The smallest absolute Gasteiger partial charge is 0.240 e. The largest absolute Gasteiger partial charge is 0.497 e. The number of nitrogens with zero attached hydrogens (tertiary/aromatic N) is 3. The van der Waals surface area contributed by atoms with Gasteiger partial charge in [-0.25, -0.2) is 0 Å². The Morgan fingerprint density at radius 2 is 1.95 bits per heavy atom. The zero-order valence-electron chi connectivity index (χ0n) is 11.5. The van der Waals surface area contributed by atoms with Gasteiger partial charge in [0.25, 0.3) is 0 Å². The minimum absolute atomic E-state index is 0.0311. The first-order valence-electron chi connectivity index (χ1n) is 6.15. The highest BCUT2D eigenvalue weighted by molar-refractivity contribution is 8.00. The molecule has 0 bridgehead atoms. The number of anilines is 1. The molecule has 0 aliphatic carbocycles. The second-order valence-electron chi connectivity index (χ2n) is 4.29. The number of carbonyl (C=O) groups is 1. The molecule has 0 saturated carbocycles. The molecule has 0 unspecified atom stereocenters. The first kappa shape index (κ1) is 14.2. The van der Waals surface area contributed by atoms with Crippen LogP contribution >= 0.6 is 23.1 Å². The van der Waals surface area contributed by atoms with Crippen molar-refractivity contribution in [2.75, 3.05) is 24.9 Å². The molecule has 2 heterocycles. The molecule has 2 aromatic rings. The van der Waals surface area contributed by atoms with E-state index in [1.54, 1.807) is 42.5 Å². The molecule has 1 amide bonds. The Kier molecular flexibility index (Phi) is 3.98. The van der Waals surface area contributed by atoms with Gasteiger partial charge in [0.2, 0.25) is 11.0 Å². The number of thioether (sulfide) groups is 1. The van der Waals surface area contributed by atoms with Crippen molar-refractivity contribution in [2.45, 2.75) is 5.37 Å². The number of aromatic nitrogens is 2. The first-order valence-corrected chi connectivity index (χ1v) is 8.08. The van der Waals surface area contributed by atoms with E-state index in [9.17, 15) is 4.79 Å². The van der Waals surface area contributed by atoms with Gasteiger partial charge < -0.3 is 9.47 Å². The van der Waals surface area contributed by atoms with E-state index < -0.39 is 0 Å². The fourth-order valence-corrected chi connectivity index (χ4v) is 3.93. The van der Waals surface area contributed by atoms with Crippen LogP contribution in [-0.4, -0.2) is 36.1 Å². The van der Waals surface area contributed by atoms with Crippen LogP contribution in [0.5, 0.6) is 11.5 Å². The molecule has 1 aliphatic rings. The van der Waals surface area contributed by atoms with E-state index in [-0.39, 0.29) is 11.3 Å². The molecular weight excluding hydrogens is 310 g/mol. The van der Waals surface area contributed by atoms with Gasteiger partial charge in [-0.05, 0) is 17.7 Å². The standard InChI is InChI=1S/C13H13N3O3S2/c1-18-9-3-8(4-10(5-9)19-2)12-16(11(17)6-20-12)13-15-14-7-21-13/h3-5,7,12H,6H2,1-2H3/t12-/m1/s1. The summed E-state index contributed by atoms with van der Waals surface area (Å²) >= 11 is 2.90. The zero-order valence-corrected chi connectivity index (χ0v) is 13.1. The molecule has 1 aromatic heterocycles. The molecule has 1 saturated heterocycles. The average molecular weight is 323 g/mol. The van der Waals surface area contributed by atoms with Crippen LogP contribution in [0.15, 0.2) is 23.7 Å². The highest BCUT2D eigenvalue weighted by Crippen LogP contribution is 2.43. The molecule has 0 N–H and O–H groups in total. The van der Waals surface area contributed by atoms with E-state index in [0.717, 1.165) is 5.56 Å². The molecule has 1 aliphatic heterocycles. The maximum Gasteiger partial charge on any atom is 0.240 e. The maximum absolute atomic E-state index is 12.1. The van der Waals surface area contributed by atoms with Crippen LogP contribution in [0.4, 0.5) is 5.13 Å². The second kappa shape index (κ2) is 5.90.